The molecule has 126 valence electrons. The van der Waals surface area contributed by atoms with Crippen molar-refractivity contribution >= 4 is 10.9 Å². The van der Waals surface area contributed by atoms with Gasteiger partial charge in [-0.3, -0.25) is 4.90 Å². The summed E-state index contributed by atoms with van der Waals surface area (Å²) >= 11 is 0. The maximum absolute atomic E-state index is 5.49. The monoisotopic (exact) mass is 324 g/mol. The van der Waals surface area contributed by atoms with Gasteiger partial charge in [-0.2, -0.15) is 0 Å². The van der Waals surface area contributed by atoms with Crippen molar-refractivity contribution in [1.29, 1.82) is 0 Å². The third kappa shape index (κ3) is 2.74. The Hall–Kier alpha value is -2.46. The molecule has 0 amide bonds. The van der Waals surface area contributed by atoms with Crippen molar-refractivity contribution in [1.82, 2.24) is 9.47 Å². The van der Waals surface area contributed by atoms with Crippen LogP contribution < -0.4 is 9.47 Å². The van der Waals surface area contributed by atoms with Crippen molar-refractivity contribution in [3.8, 4) is 11.5 Å². The van der Waals surface area contributed by atoms with Gasteiger partial charge in [0.25, 0.3) is 0 Å². The van der Waals surface area contributed by atoms with E-state index < -0.39 is 0 Å². The van der Waals surface area contributed by atoms with Crippen molar-refractivity contribution in [2.75, 3.05) is 28.3 Å². The number of para-hydroxylation sites is 1. The number of rotatable bonds is 5. The number of methoxy groups -OCH3 is 2. The Labute approximate surface area is 143 Å². The van der Waals surface area contributed by atoms with E-state index in [0.29, 0.717) is 0 Å². The number of hydrogen-bond donors (Lipinski definition) is 0. The summed E-state index contributed by atoms with van der Waals surface area (Å²) in [5.41, 5.74) is 3.69. The molecule has 0 saturated heterocycles. The molecule has 0 saturated carbocycles. The van der Waals surface area contributed by atoms with Crippen molar-refractivity contribution in [2.24, 2.45) is 7.05 Å². The molecule has 2 aromatic carbocycles. The summed E-state index contributed by atoms with van der Waals surface area (Å²) in [6.07, 6.45) is 2.21. The highest BCUT2D eigenvalue weighted by Gasteiger charge is 2.22. The molecule has 0 N–H and O–H groups in total. The van der Waals surface area contributed by atoms with Gasteiger partial charge in [-0.25, -0.2) is 0 Å². The van der Waals surface area contributed by atoms with Crippen LogP contribution in [0.15, 0.2) is 48.7 Å². The summed E-state index contributed by atoms with van der Waals surface area (Å²) < 4.78 is 13.0. The lowest BCUT2D eigenvalue weighted by atomic mass is 9.97. The lowest BCUT2D eigenvalue weighted by molar-refractivity contribution is 0.335. The van der Waals surface area contributed by atoms with E-state index in [4.69, 9.17) is 9.47 Å². The van der Waals surface area contributed by atoms with Crippen LogP contribution in [0.2, 0.25) is 0 Å². The van der Waals surface area contributed by atoms with E-state index in [2.05, 4.69) is 73.2 Å². The Morgan fingerprint density at radius 3 is 2.33 bits per heavy atom. The molecule has 0 aliphatic rings. The molecule has 0 aliphatic heterocycles. The highest BCUT2D eigenvalue weighted by molar-refractivity contribution is 5.85. The lowest BCUT2D eigenvalue weighted by Gasteiger charge is -2.25. The first-order valence-corrected chi connectivity index (χ1v) is 7.99. The van der Waals surface area contributed by atoms with Crippen molar-refractivity contribution in [3.05, 3.63) is 59.8 Å². The Kier molecular flexibility index (Phi) is 4.49. The number of ether oxygens (including phenoxy) is 2. The standard InChI is InChI=1S/C20H24N2O2/c1-21(2)20(14-10-11-18(23-4)19(12-14)24-5)16-13-22(3)17-9-7-6-8-15(16)17/h6-13,20H,1-5H3. The molecule has 24 heavy (non-hydrogen) atoms. The van der Waals surface area contributed by atoms with Crippen molar-refractivity contribution in [2.45, 2.75) is 6.04 Å². The second-order valence-corrected chi connectivity index (χ2v) is 6.19. The quantitative estimate of drug-likeness (QED) is 0.713. The Morgan fingerprint density at radius 1 is 0.958 bits per heavy atom. The molecule has 0 fully saturated rings. The largest absolute Gasteiger partial charge is 0.493 e. The van der Waals surface area contributed by atoms with E-state index in [0.717, 1.165) is 11.5 Å². The first kappa shape index (κ1) is 16.4. The molecule has 0 bridgehead atoms. The third-order valence-electron chi connectivity index (χ3n) is 4.46. The van der Waals surface area contributed by atoms with E-state index in [1.165, 1.54) is 22.0 Å². The molecule has 1 heterocycles. The number of benzene rings is 2. The second-order valence-electron chi connectivity index (χ2n) is 6.19. The smallest absolute Gasteiger partial charge is 0.161 e. The first-order chi connectivity index (χ1) is 11.6. The molecule has 1 unspecified atom stereocenters. The van der Waals surface area contributed by atoms with Gasteiger partial charge in [0.2, 0.25) is 0 Å². The van der Waals surface area contributed by atoms with E-state index in [1.54, 1.807) is 14.2 Å². The minimum absolute atomic E-state index is 0.135. The van der Waals surface area contributed by atoms with Gasteiger partial charge < -0.3 is 14.0 Å². The van der Waals surface area contributed by atoms with Crippen molar-refractivity contribution < 1.29 is 9.47 Å². The molecule has 3 rings (SSSR count). The first-order valence-electron chi connectivity index (χ1n) is 7.99. The predicted octanol–water partition coefficient (Wildman–Crippen LogP) is 3.85. The van der Waals surface area contributed by atoms with Crippen LogP contribution in [0.3, 0.4) is 0 Å². The van der Waals surface area contributed by atoms with Crippen LogP contribution in [0.5, 0.6) is 11.5 Å². The van der Waals surface area contributed by atoms with E-state index >= 15 is 0 Å². The highest BCUT2D eigenvalue weighted by Crippen LogP contribution is 2.37. The summed E-state index contributed by atoms with van der Waals surface area (Å²) in [7, 11) is 9.62. The van der Waals surface area contributed by atoms with Crippen molar-refractivity contribution in [3.63, 3.8) is 0 Å². The van der Waals surface area contributed by atoms with Gasteiger partial charge in [0.1, 0.15) is 0 Å². The minimum atomic E-state index is 0.135. The fourth-order valence-electron chi connectivity index (χ4n) is 3.37. The van der Waals surface area contributed by atoms with Crippen LogP contribution in [-0.2, 0) is 7.05 Å². The van der Waals surface area contributed by atoms with Crippen LogP contribution in [0, 0.1) is 0 Å². The number of aryl methyl sites for hydroxylation is 1. The average Bonchev–Trinajstić information content (AvgIpc) is 2.91. The average molecular weight is 324 g/mol. The normalized spacial score (nSPS) is 12.6. The van der Waals surface area contributed by atoms with Crippen LogP contribution in [0.1, 0.15) is 17.2 Å². The lowest BCUT2D eigenvalue weighted by Crippen LogP contribution is -2.21. The van der Waals surface area contributed by atoms with E-state index in [1.807, 2.05) is 6.07 Å². The molecule has 0 spiro atoms. The molecule has 3 aromatic rings. The Balaban J connectivity index is 2.17. The molecular weight excluding hydrogens is 300 g/mol. The van der Waals surface area contributed by atoms with Gasteiger partial charge in [0, 0.05) is 24.1 Å². The molecule has 0 radical (unpaired) electrons. The summed E-state index contributed by atoms with van der Waals surface area (Å²) in [6, 6.07) is 14.8. The van der Waals surface area contributed by atoms with Crippen LogP contribution in [0.4, 0.5) is 0 Å². The van der Waals surface area contributed by atoms with E-state index in [9.17, 15) is 0 Å². The fraction of sp³-hybridized carbons (Fsp3) is 0.300. The molecule has 1 atom stereocenters. The summed E-state index contributed by atoms with van der Waals surface area (Å²) in [4.78, 5) is 2.23. The molecule has 4 heteroatoms. The van der Waals surface area contributed by atoms with Gasteiger partial charge in [0.15, 0.2) is 11.5 Å². The predicted molar refractivity (Wildman–Crippen MR) is 98.0 cm³/mol. The maximum Gasteiger partial charge on any atom is 0.161 e. The fourth-order valence-corrected chi connectivity index (χ4v) is 3.37. The van der Waals surface area contributed by atoms with Gasteiger partial charge in [-0.1, -0.05) is 24.3 Å². The second kappa shape index (κ2) is 6.57. The topological polar surface area (TPSA) is 26.6 Å². The molecule has 4 nitrogen and oxygen atoms in total. The summed E-state index contributed by atoms with van der Waals surface area (Å²) in [5.74, 6) is 1.50. The minimum Gasteiger partial charge on any atom is -0.493 e. The van der Waals surface area contributed by atoms with Crippen LogP contribution >= 0.6 is 0 Å². The summed E-state index contributed by atoms with van der Waals surface area (Å²) in [6.45, 7) is 0. The number of fused-ring (bicyclic) bond motifs is 1. The van der Waals surface area contributed by atoms with Gasteiger partial charge in [0.05, 0.1) is 20.3 Å². The zero-order valence-corrected chi connectivity index (χ0v) is 14.9. The van der Waals surface area contributed by atoms with Gasteiger partial charge in [-0.05, 0) is 43.4 Å². The maximum atomic E-state index is 5.49. The molecular formula is C20H24N2O2. The third-order valence-corrected chi connectivity index (χ3v) is 4.46. The zero-order valence-electron chi connectivity index (χ0n) is 14.9. The van der Waals surface area contributed by atoms with Gasteiger partial charge in [-0.15, -0.1) is 0 Å². The number of aromatic nitrogens is 1. The Bertz CT molecular complexity index is 852. The summed E-state index contributed by atoms with van der Waals surface area (Å²) in [5, 5.41) is 1.27. The molecule has 1 aromatic heterocycles. The zero-order chi connectivity index (χ0) is 17.3. The number of hydrogen-bond acceptors (Lipinski definition) is 3. The Morgan fingerprint density at radius 2 is 1.67 bits per heavy atom. The number of nitrogens with zero attached hydrogens (tertiary/aromatic N) is 2. The SMILES string of the molecule is COc1ccc(C(c2cn(C)c3ccccc23)N(C)C)cc1OC. The van der Waals surface area contributed by atoms with Gasteiger partial charge >= 0.3 is 0 Å². The molecule has 0 aliphatic carbocycles. The van der Waals surface area contributed by atoms with E-state index in [-0.39, 0.29) is 6.04 Å². The van der Waals surface area contributed by atoms with Crippen LogP contribution in [-0.4, -0.2) is 37.8 Å². The highest BCUT2D eigenvalue weighted by atomic mass is 16.5. The van der Waals surface area contributed by atoms with Crippen LogP contribution in [0.25, 0.3) is 10.9 Å².